The maximum atomic E-state index is 8.90. The fourth-order valence-electron chi connectivity index (χ4n) is 2.08. The quantitative estimate of drug-likeness (QED) is 0.418. The van der Waals surface area contributed by atoms with E-state index in [4.69, 9.17) is 5.21 Å². The Balaban J connectivity index is 2.19. The van der Waals surface area contributed by atoms with Crippen molar-refractivity contribution in [3.05, 3.63) is 36.4 Å². The second-order valence-electron chi connectivity index (χ2n) is 4.41. The molecule has 0 aliphatic rings. The van der Waals surface area contributed by atoms with Gasteiger partial charge in [0, 0.05) is 47.7 Å². The molecule has 0 aliphatic heterocycles. The fourth-order valence-corrected chi connectivity index (χ4v) is 2.08. The first-order valence-electron chi connectivity index (χ1n) is 5.84. The Morgan fingerprint density at radius 2 is 2.21 bits per heavy atom. The van der Waals surface area contributed by atoms with Crippen LogP contribution in [-0.2, 0) is 7.05 Å². The molecule has 0 fully saturated rings. The summed E-state index contributed by atoms with van der Waals surface area (Å²) in [5, 5.41) is 17.2. The number of hydrogen-bond donors (Lipinski definition) is 2. The van der Waals surface area contributed by atoms with Gasteiger partial charge >= 0.3 is 0 Å². The largest absolute Gasteiger partial charge is 0.411 e. The lowest BCUT2D eigenvalue weighted by Gasteiger charge is -1.99. The van der Waals surface area contributed by atoms with Crippen LogP contribution in [0.2, 0.25) is 0 Å². The minimum atomic E-state index is 0.552. The third kappa shape index (κ3) is 1.87. The zero-order valence-electron chi connectivity index (χ0n) is 10.6. The monoisotopic (exact) mass is 255 g/mol. The lowest BCUT2D eigenvalue weighted by molar-refractivity contribution is 0.319. The minimum absolute atomic E-state index is 0.552. The maximum absolute atomic E-state index is 8.90. The Morgan fingerprint density at radius 3 is 2.89 bits per heavy atom. The number of pyridine rings is 1. The van der Waals surface area contributed by atoms with E-state index in [2.05, 4.69) is 20.2 Å². The van der Waals surface area contributed by atoms with Crippen molar-refractivity contribution >= 4 is 16.7 Å². The highest BCUT2D eigenvalue weighted by Crippen LogP contribution is 2.24. The average Bonchev–Trinajstić information content (AvgIpc) is 3.03. The SMILES string of the molecule is C/C(=N/O)c1c[nH]c2ncc(-c3cnn(C)c3)cc12. The second-order valence-corrected chi connectivity index (χ2v) is 4.41. The van der Waals surface area contributed by atoms with Crippen LogP contribution >= 0.6 is 0 Å². The van der Waals surface area contributed by atoms with Crippen molar-refractivity contribution in [3.63, 3.8) is 0 Å². The summed E-state index contributed by atoms with van der Waals surface area (Å²) < 4.78 is 1.75. The Hall–Kier alpha value is -2.63. The summed E-state index contributed by atoms with van der Waals surface area (Å²) in [4.78, 5) is 7.44. The summed E-state index contributed by atoms with van der Waals surface area (Å²) in [7, 11) is 1.87. The third-order valence-corrected chi connectivity index (χ3v) is 3.11. The molecule has 3 rings (SSSR count). The van der Waals surface area contributed by atoms with Crippen LogP contribution in [-0.4, -0.2) is 30.7 Å². The highest BCUT2D eigenvalue weighted by molar-refractivity contribution is 6.09. The molecule has 0 atom stereocenters. The van der Waals surface area contributed by atoms with Crippen LogP contribution in [0.3, 0.4) is 0 Å². The van der Waals surface area contributed by atoms with Crippen molar-refractivity contribution in [2.24, 2.45) is 12.2 Å². The molecule has 0 spiro atoms. The van der Waals surface area contributed by atoms with Gasteiger partial charge in [-0.2, -0.15) is 5.10 Å². The highest BCUT2D eigenvalue weighted by atomic mass is 16.4. The zero-order chi connectivity index (χ0) is 13.4. The molecule has 0 aromatic carbocycles. The number of nitrogens with zero attached hydrogens (tertiary/aromatic N) is 4. The molecule has 6 nitrogen and oxygen atoms in total. The number of aryl methyl sites for hydroxylation is 1. The molecule has 2 N–H and O–H groups in total. The summed E-state index contributed by atoms with van der Waals surface area (Å²) in [6.07, 6.45) is 7.31. The molecule has 0 aliphatic carbocycles. The molecule has 0 radical (unpaired) electrons. The van der Waals surface area contributed by atoms with Gasteiger partial charge in [-0.3, -0.25) is 4.68 Å². The van der Waals surface area contributed by atoms with E-state index in [1.165, 1.54) is 0 Å². The standard InChI is InChI=1S/C13H13N5O/c1-8(17-19)12-6-15-13-11(12)3-9(4-14-13)10-5-16-18(2)7-10/h3-7,19H,1-2H3,(H,14,15)/b17-8-. The van der Waals surface area contributed by atoms with E-state index in [-0.39, 0.29) is 0 Å². The van der Waals surface area contributed by atoms with Crippen LogP contribution in [0.25, 0.3) is 22.2 Å². The van der Waals surface area contributed by atoms with E-state index in [1.54, 1.807) is 30.2 Å². The minimum Gasteiger partial charge on any atom is -0.411 e. The molecule has 0 saturated heterocycles. The van der Waals surface area contributed by atoms with Crippen molar-refractivity contribution in [2.75, 3.05) is 0 Å². The van der Waals surface area contributed by atoms with Gasteiger partial charge in [-0.05, 0) is 13.0 Å². The van der Waals surface area contributed by atoms with Crippen molar-refractivity contribution in [1.29, 1.82) is 0 Å². The first-order chi connectivity index (χ1) is 9.19. The summed E-state index contributed by atoms with van der Waals surface area (Å²) >= 11 is 0. The van der Waals surface area contributed by atoms with E-state index >= 15 is 0 Å². The summed E-state index contributed by atoms with van der Waals surface area (Å²) in [5.74, 6) is 0. The van der Waals surface area contributed by atoms with Gasteiger partial charge in [0.05, 0.1) is 11.9 Å². The number of fused-ring (bicyclic) bond motifs is 1. The van der Waals surface area contributed by atoms with Crippen LogP contribution < -0.4 is 0 Å². The molecule has 3 heterocycles. The van der Waals surface area contributed by atoms with Gasteiger partial charge in [0.15, 0.2) is 0 Å². The van der Waals surface area contributed by atoms with Gasteiger partial charge < -0.3 is 10.2 Å². The summed E-state index contributed by atoms with van der Waals surface area (Å²) in [5.41, 5.74) is 4.15. The van der Waals surface area contributed by atoms with Gasteiger partial charge in [-0.1, -0.05) is 5.16 Å². The normalized spacial score (nSPS) is 12.2. The average molecular weight is 255 g/mol. The Kier molecular flexibility index (Phi) is 2.56. The van der Waals surface area contributed by atoms with E-state index < -0.39 is 0 Å². The van der Waals surface area contributed by atoms with Crippen molar-refractivity contribution < 1.29 is 5.21 Å². The molecule has 96 valence electrons. The Bertz CT molecular complexity index is 768. The van der Waals surface area contributed by atoms with Crippen LogP contribution in [0.5, 0.6) is 0 Å². The molecule has 3 aromatic heterocycles. The first-order valence-corrected chi connectivity index (χ1v) is 5.84. The molecule has 3 aromatic rings. The maximum Gasteiger partial charge on any atom is 0.137 e. The van der Waals surface area contributed by atoms with E-state index in [1.807, 2.05) is 19.3 Å². The van der Waals surface area contributed by atoms with Gasteiger partial charge in [0.1, 0.15) is 5.65 Å². The van der Waals surface area contributed by atoms with E-state index in [0.717, 1.165) is 27.7 Å². The fraction of sp³-hybridized carbons (Fsp3) is 0.154. The number of oxime groups is 1. The second kappa shape index (κ2) is 4.24. The highest BCUT2D eigenvalue weighted by Gasteiger charge is 2.10. The van der Waals surface area contributed by atoms with Crippen LogP contribution in [0.15, 0.2) is 36.0 Å². The molecular formula is C13H13N5O. The summed E-state index contributed by atoms with van der Waals surface area (Å²) in [6, 6.07) is 2.01. The first kappa shape index (κ1) is 11.5. The smallest absolute Gasteiger partial charge is 0.137 e. The van der Waals surface area contributed by atoms with Crippen molar-refractivity contribution in [2.45, 2.75) is 6.92 Å². The topological polar surface area (TPSA) is 79.1 Å². The Morgan fingerprint density at radius 1 is 1.37 bits per heavy atom. The Labute approximate surface area is 109 Å². The van der Waals surface area contributed by atoms with Gasteiger partial charge in [0.25, 0.3) is 0 Å². The van der Waals surface area contributed by atoms with E-state index in [0.29, 0.717) is 5.71 Å². The van der Waals surface area contributed by atoms with Gasteiger partial charge in [-0.15, -0.1) is 0 Å². The molecule has 0 bridgehead atoms. The third-order valence-electron chi connectivity index (χ3n) is 3.11. The number of aromatic nitrogens is 4. The number of hydrogen-bond acceptors (Lipinski definition) is 4. The lowest BCUT2D eigenvalue weighted by Crippen LogP contribution is -1.92. The number of rotatable bonds is 2. The molecule has 6 heteroatoms. The van der Waals surface area contributed by atoms with E-state index in [9.17, 15) is 0 Å². The van der Waals surface area contributed by atoms with Crippen LogP contribution in [0.4, 0.5) is 0 Å². The predicted octanol–water partition coefficient (Wildman–Crippen LogP) is 2.16. The van der Waals surface area contributed by atoms with Gasteiger partial charge in [-0.25, -0.2) is 4.98 Å². The predicted molar refractivity (Wildman–Crippen MR) is 72.3 cm³/mol. The number of H-pyrrole nitrogens is 1. The molecule has 19 heavy (non-hydrogen) atoms. The number of nitrogens with one attached hydrogen (secondary N) is 1. The zero-order valence-corrected chi connectivity index (χ0v) is 10.6. The molecule has 0 unspecified atom stereocenters. The number of aromatic amines is 1. The van der Waals surface area contributed by atoms with Crippen LogP contribution in [0.1, 0.15) is 12.5 Å². The van der Waals surface area contributed by atoms with Crippen molar-refractivity contribution in [3.8, 4) is 11.1 Å². The van der Waals surface area contributed by atoms with Crippen molar-refractivity contribution in [1.82, 2.24) is 19.7 Å². The molecular weight excluding hydrogens is 242 g/mol. The molecule has 0 amide bonds. The van der Waals surface area contributed by atoms with Crippen LogP contribution in [0, 0.1) is 0 Å². The molecule has 0 saturated carbocycles. The lowest BCUT2D eigenvalue weighted by atomic mass is 10.1. The van der Waals surface area contributed by atoms with Gasteiger partial charge in [0.2, 0.25) is 0 Å². The summed E-state index contributed by atoms with van der Waals surface area (Å²) in [6.45, 7) is 1.75.